The van der Waals surface area contributed by atoms with Crippen LogP contribution < -0.4 is 11.5 Å². The number of carbonyl (C=O) groups is 2. The molecule has 6 nitrogen and oxygen atoms in total. The van der Waals surface area contributed by atoms with E-state index < -0.39 is 11.9 Å². The van der Waals surface area contributed by atoms with E-state index in [2.05, 4.69) is 12.6 Å². The molecule has 0 aromatic heterocycles. The van der Waals surface area contributed by atoms with Gasteiger partial charge in [0, 0.05) is 18.3 Å². The van der Waals surface area contributed by atoms with Crippen LogP contribution in [0.1, 0.15) is 30.1 Å². The minimum Gasteiger partial charge on any atom is -0.480 e. The van der Waals surface area contributed by atoms with Crippen molar-refractivity contribution < 1.29 is 14.7 Å². The number of hydrogen-bond donors (Lipinski definition) is 4. The first-order valence-corrected chi connectivity index (χ1v) is 9.68. The van der Waals surface area contributed by atoms with Crippen LogP contribution in [0.2, 0.25) is 10.0 Å². The summed E-state index contributed by atoms with van der Waals surface area (Å²) in [6.45, 7) is 3.52. The quantitative estimate of drug-likeness (QED) is 0.527. The van der Waals surface area contributed by atoms with Crippen molar-refractivity contribution in [2.24, 2.45) is 17.4 Å². The Morgan fingerprint density at radius 1 is 1.42 bits per heavy atom. The minimum absolute atomic E-state index is 0.0363. The van der Waals surface area contributed by atoms with Gasteiger partial charge in [-0.15, -0.1) is 0 Å². The Morgan fingerprint density at radius 3 is 2.54 bits per heavy atom. The van der Waals surface area contributed by atoms with Gasteiger partial charge >= 0.3 is 5.97 Å². The van der Waals surface area contributed by atoms with Crippen molar-refractivity contribution >= 4 is 47.7 Å². The number of aliphatic carboxylic acids is 1. The molecule has 0 spiro atoms. The van der Waals surface area contributed by atoms with E-state index in [4.69, 9.17) is 39.8 Å². The monoisotopic (exact) mass is 421 g/mol. The molecule has 1 aromatic carbocycles. The molecule has 0 radical (unpaired) electrons. The first-order valence-electron chi connectivity index (χ1n) is 8.29. The molecule has 1 heterocycles. The summed E-state index contributed by atoms with van der Waals surface area (Å²) >= 11 is 15.4. The van der Waals surface area contributed by atoms with Gasteiger partial charge in [0.15, 0.2) is 0 Å². The van der Waals surface area contributed by atoms with Crippen LogP contribution in [0.15, 0.2) is 18.2 Å². The van der Waals surface area contributed by atoms with E-state index in [0.29, 0.717) is 17.3 Å². The van der Waals surface area contributed by atoms with Gasteiger partial charge in [-0.1, -0.05) is 42.6 Å². The van der Waals surface area contributed by atoms with E-state index in [9.17, 15) is 9.59 Å². The fourth-order valence-corrected chi connectivity index (χ4v) is 3.48. The van der Waals surface area contributed by atoms with Gasteiger partial charge in [0.1, 0.15) is 6.04 Å². The van der Waals surface area contributed by atoms with Gasteiger partial charge in [-0.25, -0.2) is 0 Å². The Labute approximate surface area is 169 Å². The van der Waals surface area contributed by atoms with Crippen molar-refractivity contribution in [3.8, 4) is 0 Å². The van der Waals surface area contributed by atoms with Crippen LogP contribution in [0.5, 0.6) is 0 Å². The number of primary amides is 1. The largest absolute Gasteiger partial charge is 0.480 e. The Balaban J connectivity index is 0.000000273. The van der Waals surface area contributed by atoms with Gasteiger partial charge in [0.2, 0.25) is 5.91 Å². The number of likely N-dealkylation sites (tertiary alicyclic amines) is 1. The van der Waals surface area contributed by atoms with Crippen LogP contribution >= 0.6 is 35.8 Å². The number of rotatable bonds is 6. The van der Waals surface area contributed by atoms with Crippen molar-refractivity contribution in [3.05, 3.63) is 33.8 Å². The fourth-order valence-electron chi connectivity index (χ4n) is 2.97. The van der Waals surface area contributed by atoms with E-state index in [1.165, 1.54) is 6.07 Å². The number of halogens is 2. The topological polar surface area (TPSA) is 110 Å². The highest BCUT2D eigenvalue weighted by Gasteiger charge is 2.38. The van der Waals surface area contributed by atoms with E-state index >= 15 is 0 Å². The number of benzene rings is 1. The van der Waals surface area contributed by atoms with Gasteiger partial charge < -0.3 is 16.6 Å². The molecule has 26 heavy (non-hydrogen) atoms. The zero-order valence-electron chi connectivity index (χ0n) is 14.6. The Morgan fingerprint density at radius 2 is 2.08 bits per heavy atom. The van der Waals surface area contributed by atoms with E-state index in [1.54, 1.807) is 12.1 Å². The molecule has 0 saturated carbocycles. The third kappa shape index (κ3) is 6.32. The van der Waals surface area contributed by atoms with Crippen LogP contribution in [0.25, 0.3) is 0 Å². The van der Waals surface area contributed by atoms with Gasteiger partial charge in [-0.2, -0.15) is 12.6 Å². The van der Waals surface area contributed by atoms with Crippen LogP contribution in [0, 0.1) is 5.92 Å². The van der Waals surface area contributed by atoms with E-state index in [-0.39, 0.29) is 28.6 Å². The second-order valence-corrected chi connectivity index (χ2v) is 7.29. The van der Waals surface area contributed by atoms with Crippen molar-refractivity contribution in [2.75, 3.05) is 18.8 Å². The SMILES string of the molecule is CC[C@@H]1CCN(C[C@@H](N)CS)[C@@H]1C(=O)O.NC(=O)c1cccc(Cl)c1Cl. The Bertz CT molecular complexity index is 633. The summed E-state index contributed by atoms with van der Waals surface area (Å²) < 4.78 is 0. The summed E-state index contributed by atoms with van der Waals surface area (Å²) in [5, 5.41) is 9.72. The maximum atomic E-state index is 11.1. The number of carboxylic acids is 1. The molecule has 146 valence electrons. The van der Waals surface area contributed by atoms with Gasteiger partial charge in [-0.3, -0.25) is 14.5 Å². The van der Waals surface area contributed by atoms with Crippen molar-refractivity contribution in [1.29, 1.82) is 0 Å². The summed E-state index contributed by atoms with van der Waals surface area (Å²) in [5.41, 5.74) is 11.0. The number of thiol groups is 1. The standard InChI is InChI=1S/C10H20N2O2S.C7H5Cl2NO/c1-2-7-3-4-12(5-8(11)6-15)9(7)10(13)14;8-5-3-1-2-4(6(5)9)7(10)11/h7-9,15H,2-6,11H2,1H3,(H,13,14);1-3H,(H2,10,11)/t7-,8-,9+;/m1./s1. The molecule has 5 N–H and O–H groups in total. The lowest BCUT2D eigenvalue weighted by Crippen LogP contribution is -2.46. The lowest BCUT2D eigenvalue weighted by atomic mass is 9.97. The molecule has 0 unspecified atom stereocenters. The number of carboxylic acid groups (broad SMARTS) is 1. The molecule has 9 heteroatoms. The second-order valence-electron chi connectivity index (χ2n) is 6.14. The van der Waals surface area contributed by atoms with Crippen LogP contribution in [0.3, 0.4) is 0 Å². The predicted molar refractivity (Wildman–Crippen MR) is 108 cm³/mol. The predicted octanol–water partition coefficient (Wildman–Crippen LogP) is 2.52. The van der Waals surface area contributed by atoms with Gasteiger partial charge in [0.05, 0.1) is 15.6 Å². The number of hydrogen-bond acceptors (Lipinski definition) is 5. The first-order chi connectivity index (χ1) is 12.2. The summed E-state index contributed by atoms with van der Waals surface area (Å²) in [7, 11) is 0. The van der Waals surface area contributed by atoms with Gasteiger partial charge in [-0.05, 0) is 31.0 Å². The molecular weight excluding hydrogens is 397 g/mol. The highest BCUT2D eigenvalue weighted by atomic mass is 35.5. The van der Waals surface area contributed by atoms with Gasteiger partial charge in [0.25, 0.3) is 0 Å². The molecule has 0 aliphatic carbocycles. The van der Waals surface area contributed by atoms with Crippen LogP contribution in [-0.2, 0) is 4.79 Å². The highest BCUT2D eigenvalue weighted by Crippen LogP contribution is 2.27. The van der Waals surface area contributed by atoms with Crippen LogP contribution in [-0.4, -0.2) is 52.8 Å². The average molecular weight is 422 g/mol. The minimum atomic E-state index is -0.717. The summed E-state index contributed by atoms with van der Waals surface area (Å²) in [6.07, 6.45) is 1.89. The second kappa shape index (κ2) is 11.0. The molecule has 1 aromatic rings. The molecule has 0 bridgehead atoms. The Kier molecular flexibility index (Phi) is 9.74. The zero-order chi connectivity index (χ0) is 19.9. The summed E-state index contributed by atoms with van der Waals surface area (Å²) in [5.74, 6) is -0.419. The summed E-state index contributed by atoms with van der Waals surface area (Å²) in [6, 6.07) is 4.35. The normalized spacial score (nSPS) is 21.0. The molecule has 1 saturated heterocycles. The number of nitrogens with zero attached hydrogens (tertiary/aromatic N) is 1. The Hall–Kier alpha value is -0.990. The van der Waals surface area contributed by atoms with Crippen molar-refractivity contribution in [2.45, 2.75) is 31.8 Å². The van der Waals surface area contributed by atoms with Crippen molar-refractivity contribution in [3.63, 3.8) is 0 Å². The molecule has 1 amide bonds. The lowest BCUT2D eigenvalue weighted by Gasteiger charge is -2.26. The molecule has 3 atom stereocenters. The van der Waals surface area contributed by atoms with Crippen molar-refractivity contribution in [1.82, 2.24) is 4.90 Å². The molecule has 1 aliphatic rings. The maximum absolute atomic E-state index is 11.1. The van der Waals surface area contributed by atoms with Crippen LogP contribution in [0.4, 0.5) is 0 Å². The third-order valence-electron chi connectivity index (χ3n) is 4.32. The number of carbonyl (C=O) groups excluding carboxylic acids is 1. The molecular formula is C17H25Cl2N3O3S. The number of nitrogens with two attached hydrogens (primary N) is 2. The highest BCUT2D eigenvalue weighted by molar-refractivity contribution is 7.80. The molecule has 1 aliphatic heterocycles. The maximum Gasteiger partial charge on any atom is 0.321 e. The summed E-state index contributed by atoms with van der Waals surface area (Å²) in [4.78, 5) is 23.8. The first kappa shape index (κ1) is 23.0. The average Bonchev–Trinajstić information content (AvgIpc) is 3.00. The fraction of sp³-hybridized carbons (Fsp3) is 0.529. The zero-order valence-corrected chi connectivity index (χ0v) is 17.0. The lowest BCUT2D eigenvalue weighted by molar-refractivity contribution is -0.143. The third-order valence-corrected chi connectivity index (χ3v) is 5.61. The van der Waals surface area contributed by atoms with E-state index in [0.717, 1.165) is 19.4 Å². The smallest absolute Gasteiger partial charge is 0.321 e. The molecule has 2 rings (SSSR count). The number of amides is 1. The molecule has 1 fully saturated rings. The van der Waals surface area contributed by atoms with E-state index in [1.807, 2.05) is 11.8 Å².